The number of aromatic nitrogens is 1. The van der Waals surface area contributed by atoms with Gasteiger partial charge in [0.1, 0.15) is 10.3 Å². The predicted molar refractivity (Wildman–Crippen MR) is 107 cm³/mol. The van der Waals surface area contributed by atoms with Gasteiger partial charge in [0.15, 0.2) is 5.13 Å². The van der Waals surface area contributed by atoms with E-state index in [4.69, 9.17) is 0 Å². The number of rotatable bonds is 4. The van der Waals surface area contributed by atoms with Gasteiger partial charge < -0.3 is 10.2 Å². The summed E-state index contributed by atoms with van der Waals surface area (Å²) in [5.41, 5.74) is 1.04. The Balaban J connectivity index is 1.53. The Morgan fingerprint density at radius 2 is 2.19 bits per heavy atom. The molecule has 146 valence electrons. The summed E-state index contributed by atoms with van der Waals surface area (Å²) in [5.74, 6) is -0.283. The fourth-order valence-corrected chi connectivity index (χ4v) is 7.41. The third kappa shape index (κ3) is 3.81. The first-order valence-corrected chi connectivity index (χ1v) is 12.1. The van der Waals surface area contributed by atoms with Gasteiger partial charge in [-0.05, 0) is 31.3 Å². The second-order valence-corrected chi connectivity index (χ2v) is 11.1. The minimum absolute atomic E-state index is 0.283. The van der Waals surface area contributed by atoms with Crippen molar-refractivity contribution in [2.24, 2.45) is 0 Å². The van der Waals surface area contributed by atoms with Crippen LogP contribution in [-0.4, -0.2) is 54.7 Å². The lowest BCUT2D eigenvalue weighted by Crippen LogP contribution is -2.49. The minimum Gasteiger partial charge on any atom is -0.301 e. The van der Waals surface area contributed by atoms with Gasteiger partial charge >= 0.3 is 0 Å². The highest BCUT2D eigenvalue weighted by atomic mass is 32.2. The molecule has 4 heterocycles. The van der Waals surface area contributed by atoms with Crippen molar-refractivity contribution in [2.75, 3.05) is 25.5 Å². The molecule has 0 radical (unpaired) electrons. The molecular formula is C17H22N4O3S3. The number of piperidine rings is 1. The maximum absolute atomic E-state index is 12.9. The number of likely N-dealkylation sites (N-methyl/N-ethyl adjacent to an activating group) is 1. The van der Waals surface area contributed by atoms with Gasteiger partial charge in [0.25, 0.3) is 10.0 Å². The summed E-state index contributed by atoms with van der Waals surface area (Å²) >= 11 is 2.67. The molecule has 2 aromatic heterocycles. The molecule has 2 aromatic rings. The molecule has 2 aliphatic heterocycles. The smallest absolute Gasteiger partial charge is 0.253 e. The zero-order valence-corrected chi connectivity index (χ0v) is 17.5. The first-order chi connectivity index (χ1) is 12.9. The van der Waals surface area contributed by atoms with Gasteiger partial charge in [0, 0.05) is 30.9 Å². The van der Waals surface area contributed by atoms with Crippen molar-refractivity contribution < 1.29 is 13.2 Å². The Bertz CT molecular complexity index is 923. The van der Waals surface area contributed by atoms with Gasteiger partial charge in [-0.3, -0.25) is 4.79 Å². The molecule has 1 N–H and O–H groups in total. The van der Waals surface area contributed by atoms with E-state index in [1.54, 1.807) is 17.5 Å². The molecule has 7 nitrogen and oxygen atoms in total. The van der Waals surface area contributed by atoms with Crippen LogP contribution in [0.5, 0.6) is 0 Å². The van der Waals surface area contributed by atoms with E-state index in [9.17, 15) is 13.2 Å². The van der Waals surface area contributed by atoms with Gasteiger partial charge in [-0.2, -0.15) is 4.31 Å². The Morgan fingerprint density at radius 3 is 2.96 bits per heavy atom. The van der Waals surface area contributed by atoms with Crippen molar-refractivity contribution in [2.45, 2.75) is 42.5 Å². The third-order valence-electron chi connectivity index (χ3n) is 4.97. The van der Waals surface area contributed by atoms with Gasteiger partial charge in [0.2, 0.25) is 5.91 Å². The van der Waals surface area contributed by atoms with Crippen LogP contribution in [0.1, 0.15) is 29.8 Å². The number of thiazole rings is 1. The molecule has 1 atom stereocenters. The highest BCUT2D eigenvalue weighted by Gasteiger charge is 2.38. The van der Waals surface area contributed by atoms with E-state index < -0.39 is 16.1 Å². The van der Waals surface area contributed by atoms with Crippen molar-refractivity contribution in [3.05, 3.63) is 28.1 Å². The van der Waals surface area contributed by atoms with Crippen LogP contribution in [0.4, 0.5) is 5.13 Å². The van der Waals surface area contributed by atoms with Crippen molar-refractivity contribution in [1.29, 1.82) is 0 Å². The number of fused-ring (bicyclic) bond motifs is 1. The lowest BCUT2D eigenvalue weighted by Gasteiger charge is -2.32. The monoisotopic (exact) mass is 426 g/mol. The SMILES string of the molecule is CN1CCc2nc(NC(=O)C3CCCCN3S(=O)(=O)c3cccs3)sc2C1. The van der Waals surface area contributed by atoms with E-state index in [-0.39, 0.29) is 10.1 Å². The molecule has 0 aromatic carbocycles. The Labute approximate surface area is 167 Å². The number of sulfonamides is 1. The summed E-state index contributed by atoms with van der Waals surface area (Å²) in [4.78, 5) is 20.9. The molecule has 27 heavy (non-hydrogen) atoms. The summed E-state index contributed by atoms with van der Waals surface area (Å²) in [7, 11) is -1.58. The number of hydrogen-bond acceptors (Lipinski definition) is 7. The Hall–Kier alpha value is -1.33. The van der Waals surface area contributed by atoms with Crippen molar-refractivity contribution in [3.63, 3.8) is 0 Å². The van der Waals surface area contributed by atoms with E-state index in [2.05, 4.69) is 22.2 Å². The standard InChI is InChI=1S/C17H22N4O3S3/c1-20-9-7-12-14(11-20)26-17(18-12)19-16(22)13-5-2-3-8-21(13)27(23,24)15-6-4-10-25-15/h4,6,10,13H,2-3,5,7-9,11H2,1H3,(H,18,19,22). The second-order valence-electron chi connectivity index (χ2n) is 6.93. The number of hydrogen-bond donors (Lipinski definition) is 1. The number of nitrogens with zero attached hydrogens (tertiary/aromatic N) is 3. The third-order valence-corrected chi connectivity index (χ3v) is 9.25. The molecule has 1 fully saturated rings. The van der Waals surface area contributed by atoms with Crippen molar-refractivity contribution in [3.8, 4) is 0 Å². The maximum atomic E-state index is 12.9. The first kappa shape index (κ1) is 19.0. The maximum Gasteiger partial charge on any atom is 0.253 e. The second kappa shape index (κ2) is 7.59. The zero-order valence-electron chi connectivity index (χ0n) is 15.1. The van der Waals surface area contributed by atoms with Crippen molar-refractivity contribution >= 4 is 43.7 Å². The summed E-state index contributed by atoms with van der Waals surface area (Å²) in [6, 6.07) is 2.62. The topological polar surface area (TPSA) is 82.6 Å². The number of carbonyl (C=O) groups is 1. The number of anilines is 1. The number of carbonyl (C=O) groups excluding carboxylic acids is 1. The van der Waals surface area contributed by atoms with E-state index >= 15 is 0 Å². The zero-order chi connectivity index (χ0) is 19.0. The van der Waals surface area contributed by atoms with Gasteiger partial charge in [-0.25, -0.2) is 13.4 Å². The normalized spacial score (nSPS) is 21.7. The van der Waals surface area contributed by atoms with Crippen LogP contribution >= 0.6 is 22.7 Å². The average molecular weight is 427 g/mol. The van der Waals surface area contributed by atoms with E-state index in [1.165, 1.54) is 31.9 Å². The quantitative estimate of drug-likeness (QED) is 0.812. The van der Waals surface area contributed by atoms with Crippen molar-refractivity contribution in [1.82, 2.24) is 14.2 Å². The van der Waals surface area contributed by atoms with Crippen LogP contribution in [0.15, 0.2) is 21.7 Å². The predicted octanol–water partition coefficient (Wildman–Crippen LogP) is 2.37. The minimum atomic E-state index is -3.65. The van der Waals surface area contributed by atoms with E-state index in [1.807, 2.05) is 0 Å². The summed E-state index contributed by atoms with van der Waals surface area (Å²) < 4.78 is 27.5. The number of amides is 1. The lowest BCUT2D eigenvalue weighted by molar-refractivity contribution is -0.120. The molecule has 4 rings (SSSR count). The highest BCUT2D eigenvalue weighted by Crippen LogP contribution is 2.31. The average Bonchev–Trinajstić information content (AvgIpc) is 3.31. The summed E-state index contributed by atoms with van der Waals surface area (Å²) in [6.45, 7) is 2.17. The number of nitrogens with one attached hydrogen (secondary N) is 1. The van der Waals surface area contributed by atoms with E-state index in [0.29, 0.717) is 18.1 Å². The molecular weight excluding hydrogens is 404 g/mol. The molecule has 0 aliphatic carbocycles. The molecule has 10 heteroatoms. The van der Waals surface area contributed by atoms with Crippen LogP contribution in [0.25, 0.3) is 0 Å². The molecule has 1 unspecified atom stereocenters. The molecule has 1 amide bonds. The first-order valence-electron chi connectivity index (χ1n) is 8.98. The van der Waals surface area contributed by atoms with Crippen LogP contribution in [0.3, 0.4) is 0 Å². The van der Waals surface area contributed by atoms with Gasteiger partial charge in [0.05, 0.1) is 5.69 Å². The fourth-order valence-electron chi connectivity index (χ4n) is 3.55. The van der Waals surface area contributed by atoms with Crippen LogP contribution in [0, 0.1) is 0 Å². The van der Waals surface area contributed by atoms with E-state index in [0.717, 1.165) is 38.0 Å². The summed E-state index contributed by atoms with van der Waals surface area (Å²) in [6.07, 6.45) is 3.02. The lowest BCUT2D eigenvalue weighted by atomic mass is 10.0. The molecule has 0 saturated carbocycles. The molecule has 0 spiro atoms. The fraction of sp³-hybridized carbons (Fsp3) is 0.529. The highest BCUT2D eigenvalue weighted by molar-refractivity contribution is 7.91. The Kier molecular flexibility index (Phi) is 5.34. The van der Waals surface area contributed by atoms with Crippen LogP contribution in [0.2, 0.25) is 0 Å². The molecule has 0 bridgehead atoms. The number of thiophene rings is 1. The van der Waals surface area contributed by atoms with Gasteiger partial charge in [-0.1, -0.05) is 12.5 Å². The Morgan fingerprint density at radius 1 is 1.33 bits per heavy atom. The van der Waals surface area contributed by atoms with Crippen LogP contribution in [-0.2, 0) is 27.8 Å². The summed E-state index contributed by atoms with van der Waals surface area (Å²) in [5, 5.41) is 5.19. The largest absolute Gasteiger partial charge is 0.301 e. The molecule has 1 saturated heterocycles. The van der Waals surface area contributed by atoms with Gasteiger partial charge in [-0.15, -0.1) is 22.7 Å². The van der Waals surface area contributed by atoms with Crippen LogP contribution < -0.4 is 5.32 Å². The molecule has 2 aliphatic rings.